The van der Waals surface area contributed by atoms with Crippen LogP contribution in [0, 0.1) is 11.8 Å². The molecule has 1 unspecified atom stereocenters. The third kappa shape index (κ3) is 4.36. The Labute approximate surface area is 156 Å². The quantitative estimate of drug-likeness (QED) is 0.540. The molecule has 3 rings (SSSR count). The van der Waals surface area contributed by atoms with Crippen molar-refractivity contribution in [3.63, 3.8) is 0 Å². The zero-order valence-electron chi connectivity index (χ0n) is 13.4. The Kier molecular flexibility index (Phi) is 5.02. The number of carbonyl (C=O) groups is 1. The Bertz CT molecular complexity index is 972. The number of carboxylic acid groups (broad SMARTS) is 1. The number of hydrogen-bond donors (Lipinski definition) is 1. The van der Waals surface area contributed by atoms with Gasteiger partial charge in [0.15, 0.2) is 5.76 Å². The fraction of sp³-hybridized carbons (Fsp3) is 0.105. The van der Waals surface area contributed by atoms with Gasteiger partial charge in [0, 0.05) is 16.1 Å². The van der Waals surface area contributed by atoms with Gasteiger partial charge in [-0.1, -0.05) is 41.6 Å². The third-order valence-corrected chi connectivity index (χ3v) is 3.71. The predicted octanol–water partition coefficient (Wildman–Crippen LogP) is 5.10. The number of alkyl halides is 3. The molecule has 0 saturated carbocycles. The molecule has 0 fully saturated rings. The SMILES string of the molecule is O=C(O)OC1=Cc2cc(Cl)cc(C#Cc3ccccc3)c2OC1C(F)(F)F. The zero-order valence-corrected chi connectivity index (χ0v) is 14.1. The monoisotopic (exact) mass is 394 g/mol. The fourth-order valence-electron chi connectivity index (χ4n) is 2.42. The molecule has 0 spiro atoms. The Morgan fingerprint density at radius 3 is 2.52 bits per heavy atom. The van der Waals surface area contributed by atoms with E-state index in [1.807, 2.05) is 0 Å². The molecule has 0 radical (unpaired) electrons. The molecule has 1 aliphatic heterocycles. The van der Waals surface area contributed by atoms with E-state index < -0.39 is 24.2 Å². The first-order chi connectivity index (χ1) is 12.7. The number of benzene rings is 2. The van der Waals surface area contributed by atoms with Gasteiger partial charge in [-0.2, -0.15) is 13.2 Å². The van der Waals surface area contributed by atoms with Crippen molar-refractivity contribution in [2.24, 2.45) is 0 Å². The first-order valence-corrected chi connectivity index (χ1v) is 7.88. The highest BCUT2D eigenvalue weighted by Gasteiger charge is 2.48. The van der Waals surface area contributed by atoms with Crippen molar-refractivity contribution < 1.29 is 32.5 Å². The van der Waals surface area contributed by atoms with Crippen molar-refractivity contribution in [1.29, 1.82) is 0 Å². The van der Waals surface area contributed by atoms with E-state index in [0.29, 0.717) is 5.56 Å². The first-order valence-electron chi connectivity index (χ1n) is 7.50. The van der Waals surface area contributed by atoms with Crippen LogP contribution in [0.2, 0.25) is 5.02 Å². The van der Waals surface area contributed by atoms with Crippen molar-refractivity contribution in [3.05, 3.63) is 69.9 Å². The van der Waals surface area contributed by atoms with E-state index >= 15 is 0 Å². The minimum absolute atomic E-state index is 0.136. The summed E-state index contributed by atoms with van der Waals surface area (Å²) in [5.41, 5.74) is 0.928. The molecule has 1 atom stereocenters. The van der Waals surface area contributed by atoms with Gasteiger partial charge in [-0.15, -0.1) is 0 Å². The van der Waals surface area contributed by atoms with Crippen LogP contribution in [0.25, 0.3) is 6.08 Å². The Morgan fingerprint density at radius 2 is 1.89 bits per heavy atom. The third-order valence-electron chi connectivity index (χ3n) is 3.49. The van der Waals surface area contributed by atoms with Gasteiger partial charge in [0.25, 0.3) is 6.10 Å². The molecule has 2 aromatic carbocycles. The number of ether oxygens (including phenoxy) is 2. The minimum Gasteiger partial charge on any atom is -0.471 e. The van der Waals surface area contributed by atoms with Gasteiger partial charge in [-0.25, -0.2) is 4.79 Å². The summed E-state index contributed by atoms with van der Waals surface area (Å²) in [4.78, 5) is 10.7. The van der Waals surface area contributed by atoms with Crippen LogP contribution < -0.4 is 4.74 Å². The lowest BCUT2D eigenvalue weighted by Crippen LogP contribution is -2.39. The van der Waals surface area contributed by atoms with Crippen molar-refractivity contribution >= 4 is 23.8 Å². The van der Waals surface area contributed by atoms with Crippen LogP contribution in [0.5, 0.6) is 5.75 Å². The predicted molar refractivity (Wildman–Crippen MR) is 91.4 cm³/mol. The lowest BCUT2D eigenvalue weighted by molar-refractivity contribution is -0.191. The largest absolute Gasteiger partial charge is 0.511 e. The normalized spacial score (nSPS) is 15.6. The Morgan fingerprint density at radius 1 is 1.19 bits per heavy atom. The maximum atomic E-state index is 13.3. The molecular formula is C19H10ClF3O4. The van der Waals surface area contributed by atoms with Crippen molar-refractivity contribution in [2.45, 2.75) is 12.3 Å². The molecular weight excluding hydrogens is 385 g/mol. The summed E-state index contributed by atoms with van der Waals surface area (Å²) in [7, 11) is 0. The van der Waals surface area contributed by atoms with E-state index in [-0.39, 0.29) is 21.9 Å². The van der Waals surface area contributed by atoms with E-state index in [1.165, 1.54) is 12.1 Å². The summed E-state index contributed by atoms with van der Waals surface area (Å²) in [5, 5.41) is 8.88. The van der Waals surface area contributed by atoms with Crippen LogP contribution in [-0.2, 0) is 4.74 Å². The molecule has 1 heterocycles. The van der Waals surface area contributed by atoms with Crippen molar-refractivity contribution in [1.82, 2.24) is 0 Å². The van der Waals surface area contributed by atoms with Crippen LogP contribution in [0.15, 0.2) is 48.2 Å². The van der Waals surface area contributed by atoms with Crippen LogP contribution in [0.4, 0.5) is 18.0 Å². The maximum absolute atomic E-state index is 13.3. The Balaban J connectivity index is 2.09. The maximum Gasteiger partial charge on any atom is 0.511 e. The summed E-state index contributed by atoms with van der Waals surface area (Å²) >= 11 is 6.01. The van der Waals surface area contributed by atoms with Crippen LogP contribution in [0.3, 0.4) is 0 Å². The number of fused-ring (bicyclic) bond motifs is 1. The summed E-state index contributed by atoms with van der Waals surface area (Å²) in [5.74, 6) is 4.52. The summed E-state index contributed by atoms with van der Waals surface area (Å²) in [6.45, 7) is 0. The average molecular weight is 395 g/mol. The van der Waals surface area contributed by atoms with E-state index in [0.717, 1.165) is 6.08 Å². The summed E-state index contributed by atoms with van der Waals surface area (Å²) in [6.07, 6.45) is -8.40. The standard InChI is InChI=1S/C19H10ClF3O4/c20-14-8-12(7-6-11-4-2-1-3-5-11)16-13(9-14)10-15(26-18(24)25)17(27-16)19(21,22)23/h1-5,8-10,17H,(H,24,25). The number of halogens is 4. The lowest BCUT2D eigenvalue weighted by Gasteiger charge is -2.28. The van der Waals surface area contributed by atoms with Crippen LogP contribution >= 0.6 is 11.6 Å². The van der Waals surface area contributed by atoms with Gasteiger partial charge in [-0.05, 0) is 30.3 Å². The topological polar surface area (TPSA) is 55.8 Å². The molecule has 0 saturated heterocycles. The molecule has 0 amide bonds. The molecule has 2 aromatic rings. The smallest absolute Gasteiger partial charge is 0.471 e. The van der Waals surface area contributed by atoms with E-state index in [2.05, 4.69) is 16.6 Å². The summed E-state index contributed by atoms with van der Waals surface area (Å²) < 4.78 is 49.2. The van der Waals surface area contributed by atoms with E-state index in [1.54, 1.807) is 30.3 Å². The second kappa shape index (κ2) is 7.25. The van der Waals surface area contributed by atoms with Gasteiger partial charge in [0.05, 0.1) is 5.56 Å². The fourth-order valence-corrected chi connectivity index (χ4v) is 2.65. The average Bonchev–Trinajstić information content (AvgIpc) is 2.58. The molecule has 1 aliphatic rings. The highest BCUT2D eigenvalue weighted by atomic mass is 35.5. The van der Waals surface area contributed by atoms with Gasteiger partial charge in [-0.3, -0.25) is 0 Å². The second-order valence-corrected chi connectivity index (χ2v) is 5.88. The molecule has 27 heavy (non-hydrogen) atoms. The molecule has 8 heteroatoms. The molecule has 0 aromatic heterocycles. The molecule has 0 bridgehead atoms. The molecule has 0 aliphatic carbocycles. The van der Waals surface area contributed by atoms with Gasteiger partial charge in [0.1, 0.15) is 5.75 Å². The second-order valence-electron chi connectivity index (χ2n) is 5.44. The van der Waals surface area contributed by atoms with Gasteiger partial charge < -0.3 is 14.6 Å². The summed E-state index contributed by atoms with van der Waals surface area (Å²) in [6, 6.07) is 11.5. The van der Waals surface area contributed by atoms with Crippen LogP contribution in [-0.4, -0.2) is 23.5 Å². The highest BCUT2D eigenvalue weighted by molar-refractivity contribution is 6.31. The first kappa shape index (κ1) is 18.7. The molecule has 1 N–H and O–H groups in total. The zero-order chi connectivity index (χ0) is 19.6. The Hall–Kier alpha value is -3.11. The van der Waals surface area contributed by atoms with Gasteiger partial charge in [0.2, 0.25) is 0 Å². The van der Waals surface area contributed by atoms with Gasteiger partial charge >= 0.3 is 12.3 Å². The van der Waals surface area contributed by atoms with Crippen molar-refractivity contribution in [3.8, 4) is 17.6 Å². The van der Waals surface area contributed by atoms with Crippen LogP contribution in [0.1, 0.15) is 16.7 Å². The lowest BCUT2D eigenvalue weighted by atomic mass is 10.0. The highest BCUT2D eigenvalue weighted by Crippen LogP contribution is 2.40. The molecule has 4 nitrogen and oxygen atoms in total. The van der Waals surface area contributed by atoms with E-state index in [9.17, 15) is 18.0 Å². The number of rotatable bonds is 1. The van der Waals surface area contributed by atoms with Crippen molar-refractivity contribution in [2.75, 3.05) is 0 Å². The van der Waals surface area contributed by atoms with E-state index in [4.69, 9.17) is 21.4 Å². The minimum atomic E-state index is -4.89. The number of hydrogen-bond acceptors (Lipinski definition) is 3. The molecule has 138 valence electrons.